The standard InChI is InChI=1S/C26H20FN3/c1-18-23(15-19-7-5-6-8-19)29-26-24(16-20-11-13-22(27)14-12-20)28-25(17-30(18)26)21-9-3-2-4-10-21/h2-7,9-15,17H,1,8,16H2/b23-15-. The Morgan fingerprint density at radius 1 is 1.03 bits per heavy atom. The predicted molar refractivity (Wildman–Crippen MR) is 119 cm³/mol. The van der Waals surface area contributed by atoms with Crippen LogP contribution in [0.5, 0.6) is 0 Å². The normalized spacial score (nSPS) is 13.9. The lowest BCUT2D eigenvalue weighted by atomic mass is 10.1. The topological polar surface area (TPSA) is 30.2 Å². The third kappa shape index (κ3) is 3.48. The molecule has 5 rings (SSSR count). The van der Waals surface area contributed by atoms with Gasteiger partial charge in [0, 0.05) is 18.2 Å². The third-order valence-corrected chi connectivity index (χ3v) is 5.28. The smallest absolute Gasteiger partial charge is 0.160 e. The van der Waals surface area contributed by atoms with E-state index >= 15 is 0 Å². The van der Waals surface area contributed by atoms with Gasteiger partial charge in [-0.2, -0.15) is 0 Å². The summed E-state index contributed by atoms with van der Waals surface area (Å²) < 4.78 is 15.4. The van der Waals surface area contributed by atoms with E-state index in [0.29, 0.717) is 6.42 Å². The summed E-state index contributed by atoms with van der Waals surface area (Å²) in [5.74, 6) is -0.244. The molecule has 4 heteroatoms. The molecule has 0 N–H and O–H groups in total. The first-order chi connectivity index (χ1) is 14.7. The summed E-state index contributed by atoms with van der Waals surface area (Å²) in [6.07, 6.45) is 11.8. The molecule has 0 spiro atoms. The van der Waals surface area contributed by atoms with Gasteiger partial charge < -0.3 is 0 Å². The van der Waals surface area contributed by atoms with Gasteiger partial charge in [-0.3, -0.25) is 4.40 Å². The quantitative estimate of drug-likeness (QED) is 0.520. The van der Waals surface area contributed by atoms with Crippen molar-refractivity contribution in [1.82, 2.24) is 14.4 Å². The van der Waals surface area contributed by atoms with Crippen molar-refractivity contribution in [2.45, 2.75) is 12.8 Å². The summed E-state index contributed by atoms with van der Waals surface area (Å²) in [6, 6.07) is 16.6. The second kappa shape index (κ2) is 7.56. The minimum Gasteiger partial charge on any atom is -0.297 e. The number of hydrogen-bond acceptors (Lipinski definition) is 2. The van der Waals surface area contributed by atoms with E-state index in [1.165, 1.54) is 17.7 Å². The lowest BCUT2D eigenvalue weighted by molar-refractivity contribution is 0.627. The van der Waals surface area contributed by atoms with E-state index in [9.17, 15) is 4.39 Å². The van der Waals surface area contributed by atoms with Crippen LogP contribution in [0.4, 0.5) is 4.39 Å². The minimum absolute atomic E-state index is 0.244. The van der Waals surface area contributed by atoms with Crippen molar-refractivity contribution in [2.75, 3.05) is 0 Å². The number of allylic oxidation sites excluding steroid dienone is 4. The number of rotatable bonds is 4. The molecule has 1 aliphatic rings. The number of fused-ring (bicyclic) bond motifs is 1. The number of aromatic nitrogens is 3. The van der Waals surface area contributed by atoms with Gasteiger partial charge in [0.1, 0.15) is 5.82 Å². The Kier molecular flexibility index (Phi) is 4.60. The molecule has 0 saturated heterocycles. The van der Waals surface area contributed by atoms with Crippen LogP contribution in [0, 0.1) is 5.82 Å². The van der Waals surface area contributed by atoms with Crippen LogP contribution in [0.15, 0.2) is 84.6 Å². The molecule has 0 radical (unpaired) electrons. The fourth-order valence-corrected chi connectivity index (χ4v) is 3.70. The molecule has 0 aliphatic heterocycles. The van der Waals surface area contributed by atoms with Crippen molar-refractivity contribution >= 4 is 18.3 Å². The van der Waals surface area contributed by atoms with Crippen molar-refractivity contribution in [3.63, 3.8) is 0 Å². The van der Waals surface area contributed by atoms with Gasteiger partial charge in [-0.1, -0.05) is 67.3 Å². The number of nitrogens with zero attached hydrogens (tertiary/aromatic N) is 3. The van der Waals surface area contributed by atoms with Crippen molar-refractivity contribution in [2.24, 2.45) is 0 Å². The van der Waals surface area contributed by atoms with Gasteiger partial charge in [0.05, 0.1) is 22.1 Å². The Morgan fingerprint density at radius 3 is 2.57 bits per heavy atom. The van der Waals surface area contributed by atoms with E-state index < -0.39 is 0 Å². The molecular weight excluding hydrogens is 373 g/mol. The highest BCUT2D eigenvalue weighted by Crippen LogP contribution is 2.20. The van der Waals surface area contributed by atoms with Crippen LogP contribution in [0.1, 0.15) is 17.7 Å². The molecule has 1 aliphatic carbocycles. The van der Waals surface area contributed by atoms with E-state index in [4.69, 9.17) is 9.97 Å². The molecule has 2 heterocycles. The van der Waals surface area contributed by atoms with Gasteiger partial charge >= 0.3 is 0 Å². The number of hydrogen-bond donors (Lipinski definition) is 0. The van der Waals surface area contributed by atoms with Crippen LogP contribution >= 0.6 is 0 Å². The summed E-state index contributed by atoms with van der Waals surface area (Å²) >= 11 is 0. The zero-order valence-corrected chi connectivity index (χ0v) is 16.4. The highest BCUT2D eigenvalue weighted by molar-refractivity contribution is 5.62. The molecule has 146 valence electrons. The van der Waals surface area contributed by atoms with Crippen LogP contribution in [-0.4, -0.2) is 14.4 Å². The third-order valence-electron chi connectivity index (χ3n) is 5.28. The van der Waals surface area contributed by atoms with Gasteiger partial charge in [0.15, 0.2) is 5.65 Å². The van der Waals surface area contributed by atoms with E-state index in [-0.39, 0.29) is 5.82 Å². The lowest BCUT2D eigenvalue weighted by Crippen LogP contribution is -2.25. The molecule has 2 aromatic carbocycles. The Hall–Kier alpha value is -3.79. The molecule has 3 nitrogen and oxygen atoms in total. The number of imidazole rings is 1. The average Bonchev–Trinajstić information content (AvgIpc) is 3.39. The monoisotopic (exact) mass is 393 g/mol. The molecule has 0 bridgehead atoms. The van der Waals surface area contributed by atoms with Crippen LogP contribution < -0.4 is 10.7 Å². The average molecular weight is 393 g/mol. The van der Waals surface area contributed by atoms with Crippen molar-refractivity contribution in [1.29, 1.82) is 0 Å². The molecule has 2 aromatic heterocycles. The second-order valence-corrected chi connectivity index (χ2v) is 7.40. The Labute approximate surface area is 173 Å². The highest BCUT2D eigenvalue weighted by Gasteiger charge is 2.12. The predicted octanol–water partition coefficient (Wildman–Crippen LogP) is 4.20. The molecule has 0 unspecified atom stereocenters. The van der Waals surface area contributed by atoms with Crippen LogP contribution in [-0.2, 0) is 6.42 Å². The van der Waals surface area contributed by atoms with E-state index in [1.54, 1.807) is 12.1 Å². The maximum atomic E-state index is 13.4. The first-order valence-electron chi connectivity index (χ1n) is 9.91. The van der Waals surface area contributed by atoms with Crippen molar-refractivity contribution in [3.8, 4) is 11.3 Å². The van der Waals surface area contributed by atoms with Crippen LogP contribution in [0.3, 0.4) is 0 Å². The first-order valence-corrected chi connectivity index (χ1v) is 9.91. The first kappa shape index (κ1) is 18.3. The number of halogens is 1. The summed E-state index contributed by atoms with van der Waals surface area (Å²) in [4.78, 5) is 9.79. The summed E-state index contributed by atoms with van der Waals surface area (Å²) in [5, 5.41) is 1.68. The molecule has 0 saturated carbocycles. The molecule has 4 aromatic rings. The van der Waals surface area contributed by atoms with E-state index in [2.05, 4.69) is 30.9 Å². The second-order valence-electron chi connectivity index (χ2n) is 7.40. The summed E-state index contributed by atoms with van der Waals surface area (Å²) in [6.45, 7) is 4.29. The van der Waals surface area contributed by atoms with Crippen LogP contribution in [0.2, 0.25) is 0 Å². The highest BCUT2D eigenvalue weighted by atomic mass is 19.1. The summed E-state index contributed by atoms with van der Waals surface area (Å²) in [5.41, 5.74) is 5.70. The molecule has 0 atom stereocenters. The maximum absolute atomic E-state index is 13.4. The van der Waals surface area contributed by atoms with Gasteiger partial charge in [0.2, 0.25) is 0 Å². The molecule has 30 heavy (non-hydrogen) atoms. The summed E-state index contributed by atoms with van der Waals surface area (Å²) in [7, 11) is 0. The largest absolute Gasteiger partial charge is 0.297 e. The van der Waals surface area contributed by atoms with Gasteiger partial charge in [-0.25, -0.2) is 14.4 Å². The fraction of sp³-hybridized carbons (Fsp3) is 0.0769. The SMILES string of the molecule is C=c1/c(=C/C2=CC=CC2)nc2c(Cc3ccc(F)cc3)nc(-c3ccccc3)cn12. The fourth-order valence-electron chi connectivity index (χ4n) is 3.70. The molecular formula is C26H20FN3. The minimum atomic E-state index is -0.244. The van der Waals surface area contributed by atoms with Crippen molar-refractivity contribution in [3.05, 3.63) is 112 Å². The number of benzene rings is 2. The van der Waals surface area contributed by atoms with Crippen LogP contribution in [0.25, 0.3) is 29.6 Å². The van der Waals surface area contributed by atoms with Gasteiger partial charge in [-0.15, -0.1) is 0 Å². The Morgan fingerprint density at radius 2 is 1.83 bits per heavy atom. The zero-order valence-electron chi connectivity index (χ0n) is 16.4. The maximum Gasteiger partial charge on any atom is 0.160 e. The Balaban J connectivity index is 1.71. The van der Waals surface area contributed by atoms with Gasteiger partial charge in [0.25, 0.3) is 0 Å². The molecule has 0 amide bonds. The Bertz CT molecular complexity index is 1390. The van der Waals surface area contributed by atoms with Crippen molar-refractivity contribution < 1.29 is 4.39 Å². The lowest BCUT2D eigenvalue weighted by Gasteiger charge is -2.08. The zero-order chi connectivity index (χ0) is 20.5. The molecule has 0 fully saturated rings. The van der Waals surface area contributed by atoms with E-state index in [1.807, 2.05) is 40.9 Å². The van der Waals surface area contributed by atoms with E-state index in [0.717, 1.165) is 45.3 Å². The van der Waals surface area contributed by atoms with Gasteiger partial charge in [-0.05, 0) is 35.8 Å².